The summed E-state index contributed by atoms with van der Waals surface area (Å²) in [7, 11) is 0. The van der Waals surface area contributed by atoms with E-state index in [-0.39, 0.29) is 17.7 Å². The topological polar surface area (TPSA) is 56.9 Å². The first-order valence-electron chi connectivity index (χ1n) is 10.6. The molecule has 32 heavy (non-hydrogen) atoms. The summed E-state index contributed by atoms with van der Waals surface area (Å²) in [6.45, 7) is 5.09. The zero-order valence-electron chi connectivity index (χ0n) is 17.6. The second kappa shape index (κ2) is 8.69. The van der Waals surface area contributed by atoms with Gasteiger partial charge in [-0.05, 0) is 35.9 Å². The number of aromatic hydroxyl groups is 1. The number of fused-ring (bicyclic) bond motifs is 1. The van der Waals surface area contributed by atoms with E-state index in [1.165, 1.54) is 28.0 Å². The van der Waals surface area contributed by atoms with Crippen LogP contribution < -0.4 is 4.90 Å². The lowest BCUT2D eigenvalue weighted by atomic mass is 10.0. The Balaban J connectivity index is 1.48. The molecule has 1 N–H and O–H groups in total. The van der Waals surface area contributed by atoms with Gasteiger partial charge in [-0.1, -0.05) is 48.1 Å². The number of hydrogen-bond acceptors (Lipinski definition) is 6. The molecule has 2 aromatic carbocycles. The van der Waals surface area contributed by atoms with Crippen LogP contribution in [0.3, 0.4) is 0 Å². The quantitative estimate of drug-likeness (QED) is 0.454. The zero-order chi connectivity index (χ0) is 22.2. The van der Waals surface area contributed by atoms with Crippen molar-refractivity contribution in [1.29, 1.82) is 0 Å². The Kier molecular flexibility index (Phi) is 5.75. The fraction of sp³-hybridized carbons (Fsp3) is 0.304. The molecule has 3 heterocycles. The molecule has 0 amide bonds. The van der Waals surface area contributed by atoms with Crippen LogP contribution in [-0.4, -0.2) is 50.8 Å². The van der Waals surface area contributed by atoms with Crippen LogP contribution in [0.5, 0.6) is 5.88 Å². The first-order chi connectivity index (χ1) is 15.5. The predicted octanol–water partition coefficient (Wildman–Crippen LogP) is 4.76. The molecule has 1 atom stereocenters. The normalized spacial score (nSPS) is 16.0. The molecule has 6 nitrogen and oxygen atoms in total. The summed E-state index contributed by atoms with van der Waals surface area (Å²) in [4.78, 5) is 10.6. The molecule has 9 heteroatoms. The van der Waals surface area contributed by atoms with Crippen LogP contribution in [0.15, 0.2) is 48.5 Å². The number of hydrogen-bond donors (Lipinski definition) is 1. The van der Waals surface area contributed by atoms with Crippen LogP contribution in [-0.2, 0) is 6.42 Å². The van der Waals surface area contributed by atoms with E-state index in [4.69, 9.17) is 11.6 Å². The summed E-state index contributed by atoms with van der Waals surface area (Å²) in [5, 5.41) is 16.2. The van der Waals surface area contributed by atoms with Gasteiger partial charge < -0.3 is 10.0 Å². The number of aromatic nitrogens is 3. The molecule has 1 saturated heterocycles. The predicted molar refractivity (Wildman–Crippen MR) is 125 cm³/mol. The van der Waals surface area contributed by atoms with Gasteiger partial charge in [-0.3, -0.25) is 4.90 Å². The van der Waals surface area contributed by atoms with Crippen molar-refractivity contribution in [1.82, 2.24) is 19.5 Å². The Morgan fingerprint density at radius 1 is 1.09 bits per heavy atom. The molecule has 4 aromatic rings. The van der Waals surface area contributed by atoms with Gasteiger partial charge in [0.1, 0.15) is 5.82 Å². The van der Waals surface area contributed by atoms with Crippen molar-refractivity contribution in [3.05, 3.63) is 75.6 Å². The molecule has 1 aliphatic heterocycles. The number of rotatable bonds is 5. The molecular weight excluding hydrogens is 449 g/mol. The Hall–Kier alpha value is -2.68. The van der Waals surface area contributed by atoms with Gasteiger partial charge in [0.15, 0.2) is 5.82 Å². The third-order valence-corrected chi connectivity index (χ3v) is 7.30. The molecule has 0 radical (unpaired) electrons. The molecule has 0 spiro atoms. The van der Waals surface area contributed by atoms with Gasteiger partial charge in [-0.15, -0.1) is 5.10 Å². The fourth-order valence-electron chi connectivity index (χ4n) is 4.21. The number of aryl methyl sites for hydroxylation is 1. The molecule has 1 aliphatic rings. The zero-order valence-corrected chi connectivity index (χ0v) is 19.2. The highest BCUT2D eigenvalue weighted by molar-refractivity contribution is 7.17. The molecular formula is C23H23ClFN5OS. The van der Waals surface area contributed by atoms with Crippen LogP contribution >= 0.6 is 22.9 Å². The average Bonchev–Trinajstić information content (AvgIpc) is 3.35. The lowest BCUT2D eigenvalue weighted by molar-refractivity contribution is 0.211. The van der Waals surface area contributed by atoms with Crippen molar-refractivity contribution >= 4 is 33.6 Å². The molecule has 0 aliphatic carbocycles. The summed E-state index contributed by atoms with van der Waals surface area (Å²) in [5.41, 5.74) is 1.95. The van der Waals surface area contributed by atoms with Gasteiger partial charge in [-0.25, -0.2) is 9.37 Å². The Morgan fingerprint density at radius 2 is 1.81 bits per heavy atom. The Bertz CT molecular complexity index is 1230. The SMILES string of the molecule is CCc1nc2sc([C@@H](c3ccccc3Cl)N3CCN(c4ccc(F)cc4)CC3)c(O)n2n1. The molecule has 0 saturated carbocycles. The largest absolute Gasteiger partial charge is 0.492 e. The van der Waals surface area contributed by atoms with Crippen molar-refractivity contribution in [3.8, 4) is 5.88 Å². The van der Waals surface area contributed by atoms with Crippen molar-refractivity contribution in [3.63, 3.8) is 0 Å². The molecule has 166 valence electrons. The van der Waals surface area contributed by atoms with Crippen molar-refractivity contribution in [2.45, 2.75) is 19.4 Å². The third-order valence-electron chi connectivity index (χ3n) is 5.88. The number of anilines is 1. The molecule has 0 bridgehead atoms. The summed E-state index contributed by atoms with van der Waals surface area (Å²) < 4.78 is 14.8. The van der Waals surface area contributed by atoms with E-state index in [2.05, 4.69) is 19.9 Å². The number of piperazine rings is 1. The third kappa shape index (κ3) is 3.83. The van der Waals surface area contributed by atoms with Gasteiger partial charge in [-0.2, -0.15) is 4.52 Å². The van der Waals surface area contributed by atoms with Crippen molar-refractivity contribution < 1.29 is 9.50 Å². The fourth-order valence-corrected chi connectivity index (χ4v) is 5.58. The minimum Gasteiger partial charge on any atom is -0.492 e. The van der Waals surface area contributed by atoms with Crippen LogP contribution in [0.2, 0.25) is 5.02 Å². The second-order valence-electron chi connectivity index (χ2n) is 7.79. The van der Waals surface area contributed by atoms with Gasteiger partial charge in [0.25, 0.3) is 0 Å². The minimum absolute atomic E-state index is 0.114. The van der Waals surface area contributed by atoms with E-state index in [0.29, 0.717) is 22.2 Å². The van der Waals surface area contributed by atoms with Crippen LogP contribution in [0, 0.1) is 5.82 Å². The number of halogens is 2. The van der Waals surface area contributed by atoms with E-state index < -0.39 is 0 Å². The number of nitrogens with zero attached hydrogens (tertiary/aromatic N) is 5. The average molecular weight is 472 g/mol. The molecule has 0 unspecified atom stereocenters. The molecule has 5 rings (SSSR count). The summed E-state index contributed by atoms with van der Waals surface area (Å²) in [6, 6.07) is 14.2. The number of benzene rings is 2. The van der Waals surface area contributed by atoms with Gasteiger partial charge in [0, 0.05) is 43.3 Å². The summed E-state index contributed by atoms with van der Waals surface area (Å²) in [6.07, 6.45) is 0.711. The first kappa shape index (κ1) is 21.2. The highest BCUT2D eigenvalue weighted by atomic mass is 35.5. The monoisotopic (exact) mass is 471 g/mol. The maximum absolute atomic E-state index is 13.3. The Labute approximate surface area is 194 Å². The van der Waals surface area contributed by atoms with E-state index in [1.54, 1.807) is 0 Å². The van der Waals surface area contributed by atoms with E-state index in [0.717, 1.165) is 42.3 Å². The van der Waals surface area contributed by atoms with Crippen molar-refractivity contribution in [2.24, 2.45) is 0 Å². The van der Waals surface area contributed by atoms with Crippen LogP contribution in [0.1, 0.15) is 29.2 Å². The highest BCUT2D eigenvalue weighted by Crippen LogP contribution is 2.42. The minimum atomic E-state index is -0.232. The highest BCUT2D eigenvalue weighted by Gasteiger charge is 2.33. The van der Waals surface area contributed by atoms with Gasteiger partial charge in [0.05, 0.1) is 10.9 Å². The maximum atomic E-state index is 13.3. The van der Waals surface area contributed by atoms with Gasteiger partial charge >= 0.3 is 0 Å². The summed E-state index contributed by atoms with van der Waals surface area (Å²) in [5.74, 6) is 0.590. The number of thiazole rings is 1. The van der Waals surface area contributed by atoms with Gasteiger partial charge in [0.2, 0.25) is 10.8 Å². The maximum Gasteiger partial charge on any atom is 0.230 e. The molecule has 2 aromatic heterocycles. The second-order valence-corrected chi connectivity index (χ2v) is 9.21. The van der Waals surface area contributed by atoms with E-state index >= 15 is 0 Å². The smallest absolute Gasteiger partial charge is 0.230 e. The van der Waals surface area contributed by atoms with Crippen LogP contribution in [0.25, 0.3) is 4.96 Å². The van der Waals surface area contributed by atoms with Crippen LogP contribution in [0.4, 0.5) is 10.1 Å². The summed E-state index contributed by atoms with van der Waals surface area (Å²) >= 11 is 8.06. The van der Waals surface area contributed by atoms with E-state index in [1.807, 2.05) is 43.3 Å². The molecule has 1 fully saturated rings. The first-order valence-corrected chi connectivity index (χ1v) is 11.8. The standard InChI is InChI=1S/C23H23ClFN5OS/c1-2-19-26-23-30(27-19)22(31)21(32-23)20(17-5-3-4-6-18(17)24)29-13-11-28(12-14-29)16-9-7-15(25)8-10-16/h3-10,20,31H,2,11-14H2,1H3/t20-/m1/s1. The lowest BCUT2D eigenvalue weighted by Gasteiger charge is -2.40. The van der Waals surface area contributed by atoms with Crippen molar-refractivity contribution in [2.75, 3.05) is 31.1 Å². The Morgan fingerprint density at radius 3 is 2.47 bits per heavy atom. The lowest BCUT2D eigenvalue weighted by Crippen LogP contribution is -2.47. The van der Waals surface area contributed by atoms with E-state index in [9.17, 15) is 9.50 Å².